The number of fused-ring (bicyclic) bond motifs is 1. The third-order valence-electron chi connectivity index (χ3n) is 4.30. The fraction of sp³-hybridized carbons (Fsp3) is 0.400. The lowest BCUT2D eigenvalue weighted by atomic mass is 10.1. The zero-order valence-electron chi connectivity index (χ0n) is 15.6. The van der Waals surface area contributed by atoms with Gasteiger partial charge in [0, 0.05) is 23.9 Å². The van der Waals surface area contributed by atoms with Crippen LogP contribution in [0.5, 0.6) is 5.75 Å². The second-order valence-electron chi connectivity index (χ2n) is 6.79. The Labute approximate surface area is 149 Å². The molecule has 2 aromatic heterocycles. The van der Waals surface area contributed by atoms with Gasteiger partial charge in [0.25, 0.3) is 0 Å². The Morgan fingerprint density at radius 3 is 2.68 bits per heavy atom. The summed E-state index contributed by atoms with van der Waals surface area (Å²) in [4.78, 5) is 4.76. The van der Waals surface area contributed by atoms with Crippen LogP contribution in [0.25, 0.3) is 16.8 Å². The van der Waals surface area contributed by atoms with E-state index in [1.807, 2.05) is 42.6 Å². The third kappa shape index (κ3) is 3.45. The molecular formula is C20H26N4O. The first-order valence-electron chi connectivity index (χ1n) is 8.75. The minimum absolute atomic E-state index is 0.662. The highest BCUT2D eigenvalue weighted by Gasteiger charge is 2.18. The minimum Gasteiger partial charge on any atom is -0.496 e. The van der Waals surface area contributed by atoms with Gasteiger partial charge in [-0.25, -0.2) is 4.98 Å². The number of methoxy groups -OCH3 is 1. The van der Waals surface area contributed by atoms with Crippen LogP contribution in [0.2, 0.25) is 0 Å². The van der Waals surface area contributed by atoms with Gasteiger partial charge in [-0.05, 0) is 32.3 Å². The van der Waals surface area contributed by atoms with Crippen molar-refractivity contribution in [3.8, 4) is 16.9 Å². The molecule has 3 aromatic rings. The number of nitrogens with zero attached hydrogens (tertiary/aromatic N) is 3. The van der Waals surface area contributed by atoms with Crippen molar-refractivity contribution in [1.29, 1.82) is 0 Å². The first kappa shape index (κ1) is 17.3. The van der Waals surface area contributed by atoms with E-state index < -0.39 is 0 Å². The standard InChI is InChI=1S/C20H26N4O/c1-13(2)10-11-21-18-12-14(3)22-20-19(15(4)23-24(18)20)16-8-6-7-9-17(16)25-5/h6-9,12-13,21H,10-11H2,1-5H3. The van der Waals surface area contributed by atoms with Crippen molar-refractivity contribution >= 4 is 11.5 Å². The van der Waals surface area contributed by atoms with Crippen LogP contribution in [0.15, 0.2) is 30.3 Å². The van der Waals surface area contributed by atoms with E-state index in [9.17, 15) is 0 Å². The van der Waals surface area contributed by atoms with E-state index >= 15 is 0 Å². The first-order chi connectivity index (χ1) is 12.0. The van der Waals surface area contributed by atoms with Crippen molar-refractivity contribution in [3.05, 3.63) is 41.7 Å². The smallest absolute Gasteiger partial charge is 0.165 e. The first-order valence-corrected chi connectivity index (χ1v) is 8.75. The molecule has 1 aromatic carbocycles. The SMILES string of the molecule is COc1ccccc1-c1c(C)nn2c(NCCC(C)C)cc(C)nc12. The van der Waals surface area contributed by atoms with Gasteiger partial charge in [-0.15, -0.1) is 0 Å². The summed E-state index contributed by atoms with van der Waals surface area (Å²) >= 11 is 0. The lowest BCUT2D eigenvalue weighted by Gasteiger charge is -2.11. The van der Waals surface area contributed by atoms with Gasteiger partial charge < -0.3 is 10.1 Å². The number of nitrogens with one attached hydrogen (secondary N) is 1. The molecule has 2 heterocycles. The maximum Gasteiger partial charge on any atom is 0.165 e. The van der Waals surface area contributed by atoms with Gasteiger partial charge in [-0.1, -0.05) is 32.0 Å². The van der Waals surface area contributed by atoms with Crippen molar-refractivity contribution in [1.82, 2.24) is 14.6 Å². The molecular weight excluding hydrogens is 312 g/mol. The number of benzene rings is 1. The fourth-order valence-corrected chi connectivity index (χ4v) is 3.03. The lowest BCUT2D eigenvalue weighted by Crippen LogP contribution is -2.10. The molecule has 0 saturated heterocycles. The molecule has 0 aliphatic rings. The zero-order chi connectivity index (χ0) is 18.0. The predicted octanol–water partition coefficient (Wildman–Crippen LogP) is 4.48. The third-order valence-corrected chi connectivity index (χ3v) is 4.30. The van der Waals surface area contributed by atoms with Crippen LogP contribution in [0.3, 0.4) is 0 Å². The number of rotatable bonds is 6. The largest absolute Gasteiger partial charge is 0.496 e. The summed E-state index contributed by atoms with van der Waals surface area (Å²) < 4.78 is 7.45. The van der Waals surface area contributed by atoms with E-state index in [1.54, 1.807) is 7.11 Å². The number of para-hydroxylation sites is 1. The van der Waals surface area contributed by atoms with E-state index in [2.05, 4.69) is 25.2 Å². The van der Waals surface area contributed by atoms with Crippen LogP contribution in [-0.4, -0.2) is 28.3 Å². The highest BCUT2D eigenvalue weighted by molar-refractivity contribution is 5.84. The summed E-state index contributed by atoms with van der Waals surface area (Å²) in [7, 11) is 1.69. The molecule has 0 spiro atoms. The van der Waals surface area contributed by atoms with E-state index in [0.717, 1.165) is 52.7 Å². The highest BCUT2D eigenvalue weighted by Crippen LogP contribution is 2.35. The van der Waals surface area contributed by atoms with Crippen LogP contribution in [0.1, 0.15) is 31.7 Å². The molecule has 0 aliphatic carbocycles. The predicted molar refractivity (Wildman–Crippen MR) is 102 cm³/mol. The van der Waals surface area contributed by atoms with E-state index in [4.69, 9.17) is 14.8 Å². The topological polar surface area (TPSA) is 51.5 Å². The van der Waals surface area contributed by atoms with Crippen molar-refractivity contribution in [2.45, 2.75) is 34.1 Å². The summed E-state index contributed by atoms with van der Waals surface area (Å²) in [5.74, 6) is 2.47. The number of aryl methyl sites for hydroxylation is 2. The molecule has 0 unspecified atom stereocenters. The van der Waals surface area contributed by atoms with Crippen molar-refractivity contribution in [2.24, 2.45) is 5.92 Å². The van der Waals surface area contributed by atoms with Crippen LogP contribution in [0, 0.1) is 19.8 Å². The van der Waals surface area contributed by atoms with Gasteiger partial charge in [0.05, 0.1) is 18.4 Å². The summed E-state index contributed by atoms with van der Waals surface area (Å²) in [5.41, 5.74) is 4.80. The lowest BCUT2D eigenvalue weighted by molar-refractivity contribution is 0.416. The monoisotopic (exact) mass is 338 g/mol. The van der Waals surface area contributed by atoms with Crippen LogP contribution >= 0.6 is 0 Å². The van der Waals surface area contributed by atoms with Crippen LogP contribution in [0.4, 0.5) is 5.82 Å². The molecule has 0 bridgehead atoms. The molecule has 0 amide bonds. The van der Waals surface area contributed by atoms with Crippen molar-refractivity contribution in [2.75, 3.05) is 19.0 Å². The number of ether oxygens (including phenoxy) is 1. The second kappa shape index (κ2) is 7.13. The second-order valence-corrected chi connectivity index (χ2v) is 6.79. The van der Waals surface area contributed by atoms with E-state index in [0.29, 0.717) is 5.92 Å². The summed E-state index contributed by atoms with van der Waals surface area (Å²) in [5, 5.41) is 8.25. The fourth-order valence-electron chi connectivity index (χ4n) is 3.03. The molecule has 0 saturated carbocycles. The molecule has 3 rings (SSSR count). The van der Waals surface area contributed by atoms with Gasteiger partial charge in [-0.3, -0.25) is 0 Å². The Morgan fingerprint density at radius 1 is 1.20 bits per heavy atom. The van der Waals surface area contributed by atoms with Gasteiger partial charge in [-0.2, -0.15) is 9.61 Å². The van der Waals surface area contributed by atoms with E-state index in [-0.39, 0.29) is 0 Å². The Kier molecular flexibility index (Phi) is 4.93. The van der Waals surface area contributed by atoms with Crippen LogP contribution in [-0.2, 0) is 0 Å². The zero-order valence-corrected chi connectivity index (χ0v) is 15.6. The minimum atomic E-state index is 0.662. The van der Waals surface area contributed by atoms with Crippen LogP contribution < -0.4 is 10.1 Å². The van der Waals surface area contributed by atoms with Crippen molar-refractivity contribution < 1.29 is 4.74 Å². The Hall–Kier alpha value is -2.56. The average molecular weight is 338 g/mol. The maximum atomic E-state index is 5.54. The molecule has 0 radical (unpaired) electrons. The van der Waals surface area contributed by atoms with Gasteiger partial charge >= 0.3 is 0 Å². The van der Waals surface area contributed by atoms with E-state index in [1.165, 1.54) is 0 Å². The molecule has 0 aliphatic heterocycles. The molecule has 5 heteroatoms. The number of anilines is 1. The summed E-state index contributed by atoms with van der Waals surface area (Å²) in [6, 6.07) is 10.1. The number of hydrogen-bond acceptors (Lipinski definition) is 4. The molecule has 132 valence electrons. The average Bonchev–Trinajstić information content (AvgIpc) is 2.90. The highest BCUT2D eigenvalue weighted by atomic mass is 16.5. The Bertz CT molecular complexity index is 883. The van der Waals surface area contributed by atoms with Crippen molar-refractivity contribution in [3.63, 3.8) is 0 Å². The van der Waals surface area contributed by atoms with Gasteiger partial charge in [0.1, 0.15) is 11.6 Å². The molecule has 25 heavy (non-hydrogen) atoms. The molecule has 0 fully saturated rings. The Morgan fingerprint density at radius 2 is 1.96 bits per heavy atom. The normalized spacial score (nSPS) is 11.3. The van der Waals surface area contributed by atoms with Gasteiger partial charge in [0.2, 0.25) is 0 Å². The number of hydrogen-bond donors (Lipinski definition) is 1. The maximum absolute atomic E-state index is 5.54. The molecule has 0 atom stereocenters. The van der Waals surface area contributed by atoms with Gasteiger partial charge in [0.15, 0.2) is 5.65 Å². The quantitative estimate of drug-likeness (QED) is 0.720. The Balaban J connectivity index is 2.12. The molecule has 1 N–H and O–H groups in total. The summed E-state index contributed by atoms with van der Waals surface area (Å²) in [6.07, 6.45) is 1.11. The summed E-state index contributed by atoms with van der Waals surface area (Å²) in [6.45, 7) is 9.41. The molecule has 5 nitrogen and oxygen atoms in total. The number of aromatic nitrogens is 3.